The lowest BCUT2D eigenvalue weighted by atomic mass is 10.2. The molecule has 1 aromatic rings. The highest BCUT2D eigenvalue weighted by atomic mass is 16.1. The van der Waals surface area contributed by atoms with Crippen molar-refractivity contribution in [1.29, 1.82) is 0 Å². The zero-order valence-electron chi connectivity index (χ0n) is 8.86. The Kier molecular flexibility index (Phi) is 4.63. The Balaban J connectivity index is 2.50. The maximum atomic E-state index is 11.2. The van der Waals surface area contributed by atoms with Gasteiger partial charge in [-0.25, -0.2) is 0 Å². The highest BCUT2D eigenvalue weighted by molar-refractivity contribution is 5.76. The molecule has 0 fully saturated rings. The van der Waals surface area contributed by atoms with Crippen molar-refractivity contribution in [3.8, 4) is 0 Å². The van der Waals surface area contributed by atoms with E-state index in [4.69, 9.17) is 5.73 Å². The van der Waals surface area contributed by atoms with Crippen molar-refractivity contribution in [2.24, 2.45) is 5.73 Å². The lowest BCUT2D eigenvalue weighted by molar-refractivity contribution is -0.120. The van der Waals surface area contributed by atoms with E-state index in [0.717, 1.165) is 5.69 Å². The summed E-state index contributed by atoms with van der Waals surface area (Å²) < 4.78 is 0. The molecule has 1 aromatic carbocycles. The molecule has 0 aliphatic carbocycles. The Morgan fingerprint density at radius 2 is 2.07 bits per heavy atom. The van der Waals surface area contributed by atoms with Crippen LogP contribution in [-0.4, -0.2) is 25.5 Å². The van der Waals surface area contributed by atoms with Crippen molar-refractivity contribution in [3.05, 3.63) is 30.3 Å². The molecule has 4 nitrogen and oxygen atoms in total. The molecule has 0 aliphatic rings. The smallest absolute Gasteiger partial charge is 0.221 e. The Morgan fingerprint density at radius 1 is 1.40 bits per heavy atom. The maximum absolute atomic E-state index is 11.2. The molecule has 15 heavy (non-hydrogen) atoms. The van der Waals surface area contributed by atoms with Crippen molar-refractivity contribution < 1.29 is 4.79 Å². The third kappa shape index (κ3) is 3.99. The van der Waals surface area contributed by atoms with Crippen LogP contribution in [0, 0.1) is 0 Å². The average Bonchev–Trinajstić information content (AvgIpc) is 2.29. The number of nitrogens with two attached hydrogens (primary N) is 1. The van der Waals surface area contributed by atoms with Gasteiger partial charge < -0.3 is 16.4 Å². The van der Waals surface area contributed by atoms with E-state index in [9.17, 15) is 4.79 Å². The van der Waals surface area contributed by atoms with Crippen molar-refractivity contribution in [3.63, 3.8) is 0 Å². The summed E-state index contributed by atoms with van der Waals surface area (Å²) in [5.74, 6) is -0.00567. The van der Waals surface area contributed by atoms with Crippen LogP contribution in [0.1, 0.15) is 6.42 Å². The van der Waals surface area contributed by atoms with Gasteiger partial charge in [0.1, 0.15) is 0 Å². The highest BCUT2D eigenvalue weighted by Gasteiger charge is 2.10. The molecule has 1 rings (SSSR count). The zero-order valence-corrected chi connectivity index (χ0v) is 8.86. The number of para-hydroxylation sites is 1. The molecule has 1 amide bonds. The van der Waals surface area contributed by atoms with Crippen LogP contribution >= 0.6 is 0 Å². The Labute approximate surface area is 89.9 Å². The van der Waals surface area contributed by atoms with E-state index in [1.54, 1.807) is 7.05 Å². The summed E-state index contributed by atoms with van der Waals surface area (Å²) >= 11 is 0. The molecule has 0 bridgehead atoms. The molecule has 0 saturated carbocycles. The summed E-state index contributed by atoms with van der Waals surface area (Å²) in [5.41, 5.74) is 6.56. The van der Waals surface area contributed by atoms with Gasteiger partial charge in [0, 0.05) is 31.7 Å². The summed E-state index contributed by atoms with van der Waals surface area (Å²) in [4.78, 5) is 11.2. The normalized spacial score (nSPS) is 11.9. The number of hydrogen-bond donors (Lipinski definition) is 3. The summed E-state index contributed by atoms with van der Waals surface area (Å²) in [6.45, 7) is 0.433. The number of benzene rings is 1. The fraction of sp³-hybridized carbons (Fsp3) is 0.364. The minimum Gasteiger partial charge on any atom is -0.381 e. The van der Waals surface area contributed by atoms with Crippen LogP contribution in [0.4, 0.5) is 5.69 Å². The molecule has 0 aliphatic heterocycles. The molecule has 0 heterocycles. The second kappa shape index (κ2) is 6.03. The van der Waals surface area contributed by atoms with E-state index in [2.05, 4.69) is 10.6 Å². The number of nitrogens with one attached hydrogen (secondary N) is 2. The molecule has 0 saturated heterocycles. The lowest BCUT2D eigenvalue weighted by Crippen LogP contribution is -2.34. The third-order valence-electron chi connectivity index (χ3n) is 2.14. The molecule has 82 valence electrons. The van der Waals surface area contributed by atoms with Crippen LogP contribution < -0.4 is 16.4 Å². The highest BCUT2D eigenvalue weighted by Crippen LogP contribution is 2.08. The third-order valence-corrected chi connectivity index (χ3v) is 2.14. The minimum atomic E-state index is -0.0210. The molecular formula is C11H17N3O. The summed E-state index contributed by atoms with van der Waals surface area (Å²) in [7, 11) is 1.62. The van der Waals surface area contributed by atoms with Crippen LogP contribution in [0.3, 0.4) is 0 Å². The van der Waals surface area contributed by atoms with Crippen molar-refractivity contribution in [2.75, 3.05) is 18.9 Å². The van der Waals surface area contributed by atoms with Crippen LogP contribution in [0.25, 0.3) is 0 Å². The van der Waals surface area contributed by atoms with E-state index in [-0.39, 0.29) is 11.9 Å². The molecule has 4 heteroatoms. The standard InChI is InChI=1S/C11H17N3O/c1-13-11(15)7-10(8-12)14-9-5-3-2-4-6-9/h2-6,10,14H,7-8,12H2,1H3,(H,13,15). The van der Waals surface area contributed by atoms with Gasteiger partial charge in [-0.3, -0.25) is 4.79 Å². The number of carbonyl (C=O) groups excluding carboxylic acids is 1. The van der Waals surface area contributed by atoms with E-state index < -0.39 is 0 Å². The van der Waals surface area contributed by atoms with E-state index in [0.29, 0.717) is 13.0 Å². The fourth-order valence-corrected chi connectivity index (χ4v) is 1.29. The van der Waals surface area contributed by atoms with Gasteiger partial charge in [0.2, 0.25) is 5.91 Å². The maximum Gasteiger partial charge on any atom is 0.221 e. The zero-order chi connectivity index (χ0) is 11.1. The van der Waals surface area contributed by atoms with Crippen molar-refractivity contribution >= 4 is 11.6 Å². The monoisotopic (exact) mass is 207 g/mol. The van der Waals surface area contributed by atoms with Gasteiger partial charge in [0.25, 0.3) is 0 Å². The van der Waals surface area contributed by atoms with Crippen LogP contribution in [0.15, 0.2) is 30.3 Å². The van der Waals surface area contributed by atoms with Gasteiger partial charge in [0.15, 0.2) is 0 Å². The second-order valence-corrected chi connectivity index (χ2v) is 3.32. The molecule has 4 N–H and O–H groups in total. The van der Waals surface area contributed by atoms with Crippen LogP contribution in [-0.2, 0) is 4.79 Å². The second-order valence-electron chi connectivity index (χ2n) is 3.32. The minimum absolute atomic E-state index is 0.00567. The first kappa shape index (κ1) is 11.5. The van der Waals surface area contributed by atoms with E-state index in [1.807, 2.05) is 30.3 Å². The number of amides is 1. The molecule has 1 atom stereocenters. The number of hydrogen-bond acceptors (Lipinski definition) is 3. The molecular weight excluding hydrogens is 190 g/mol. The summed E-state index contributed by atoms with van der Waals surface area (Å²) in [5, 5.41) is 5.79. The number of rotatable bonds is 5. The Morgan fingerprint density at radius 3 is 2.60 bits per heavy atom. The quantitative estimate of drug-likeness (QED) is 0.661. The van der Waals surface area contributed by atoms with Gasteiger partial charge in [-0.2, -0.15) is 0 Å². The first-order chi connectivity index (χ1) is 7.26. The molecule has 0 aromatic heterocycles. The molecule has 0 radical (unpaired) electrons. The number of anilines is 1. The van der Waals surface area contributed by atoms with Crippen LogP contribution in [0.2, 0.25) is 0 Å². The largest absolute Gasteiger partial charge is 0.381 e. The number of carbonyl (C=O) groups is 1. The van der Waals surface area contributed by atoms with Gasteiger partial charge in [0.05, 0.1) is 0 Å². The topological polar surface area (TPSA) is 67.2 Å². The fourth-order valence-electron chi connectivity index (χ4n) is 1.29. The van der Waals surface area contributed by atoms with Gasteiger partial charge in [-0.15, -0.1) is 0 Å². The Bertz CT molecular complexity index is 300. The molecule has 0 spiro atoms. The van der Waals surface area contributed by atoms with Gasteiger partial charge in [-0.1, -0.05) is 18.2 Å². The Hall–Kier alpha value is -1.55. The van der Waals surface area contributed by atoms with E-state index >= 15 is 0 Å². The van der Waals surface area contributed by atoms with Crippen molar-refractivity contribution in [1.82, 2.24) is 5.32 Å². The predicted molar refractivity (Wildman–Crippen MR) is 61.6 cm³/mol. The summed E-state index contributed by atoms with van der Waals surface area (Å²) in [6.07, 6.45) is 0.391. The van der Waals surface area contributed by atoms with Crippen LogP contribution in [0.5, 0.6) is 0 Å². The van der Waals surface area contributed by atoms with Crippen molar-refractivity contribution in [2.45, 2.75) is 12.5 Å². The SMILES string of the molecule is CNC(=O)CC(CN)Nc1ccccc1. The first-order valence-electron chi connectivity index (χ1n) is 4.98. The summed E-state index contributed by atoms with van der Waals surface area (Å²) in [6, 6.07) is 9.71. The average molecular weight is 207 g/mol. The van der Waals surface area contributed by atoms with Gasteiger partial charge >= 0.3 is 0 Å². The lowest BCUT2D eigenvalue weighted by Gasteiger charge is -2.17. The van der Waals surface area contributed by atoms with E-state index in [1.165, 1.54) is 0 Å². The van der Waals surface area contributed by atoms with Gasteiger partial charge in [-0.05, 0) is 12.1 Å². The predicted octanol–water partition coefficient (Wildman–Crippen LogP) is 0.562. The first-order valence-corrected chi connectivity index (χ1v) is 4.98. The molecule has 1 unspecified atom stereocenters.